The van der Waals surface area contributed by atoms with E-state index >= 15 is 0 Å². The number of para-hydroxylation sites is 1. The first-order valence-electron chi connectivity index (χ1n) is 8.07. The lowest BCUT2D eigenvalue weighted by molar-refractivity contribution is 0.302. The Morgan fingerprint density at radius 1 is 1.32 bits per heavy atom. The van der Waals surface area contributed by atoms with Gasteiger partial charge in [-0.05, 0) is 25.8 Å². The molecule has 2 aliphatic rings. The number of hydrogen-bond donors (Lipinski definition) is 1. The highest BCUT2D eigenvalue weighted by atomic mass is 16.5. The number of rotatable bonds is 5. The highest BCUT2D eigenvalue weighted by Crippen LogP contribution is 2.39. The van der Waals surface area contributed by atoms with Crippen LogP contribution in [0, 0.1) is 0 Å². The topological polar surface area (TPSA) is 52.0 Å². The molecule has 2 atom stereocenters. The Labute approximate surface area is 130 Å². The lowest BCUT2D eigenvalue weighted by Gasteiger charge is -2.19. The Morgan fingerprint density at radius 3 is 2.95 bits per heavy atom. The third kappa shape index (κ3) is 2.39. The molecule has 5 nitrogen and oxygen atoms in total. The van der Waals surface area contributed by atoms with Gasteiger partial charge in [-0.1, -0.05) is 18.2 Å². The molecule has 0 unspecified atom stereocenters. The Kier molecular flexibility index (Phi) is 3.37. The maximum Gasteiger partial charge on any atom is 0.146 e. The summed E-state index contributed by atoms with van der Waals surface area (Å²) in [6.45, 7) is 3.71. The fraction of sp³-hybridized carbons (Fsp3) is 0.529. The van der Waals surface area contributed by atoms with Gasteiger partial charge < -0.3 is 14.6 Å². The first-order chi connectivity index (χ1) is 10.7. The molecule has 1 aromatic heterocycles. The molecule has 22 heavy (non-hydrogen) atoms. The molecule has 5 heteroatoms. The summed E-state index contributed by atoms with van der Waals surface area (Å²) in [7, 11) is 2.07. The van der Waals surface area contributed by atoms with Gasteiger partial charge in [0.1, 0.15) is 17.4 Å². The molecule has 0 bridgehead atoms. The van der Waals surface area contributed by atoms with E-state index in [-0.39, 0.29) is 0 Å². The quantitative estimate of drug-likeness (QED) is 0.920. The second-order valence-corrected chi connectivity index (χ2v) is 6.43. The third-order valence-corrected chi connectivity index (χ3v) is 4.86. The second kappa shape index (κ2) is 5.39. The van der Waals surface area contributed by atoms with Crippen LogP contribution in [0.3, 0.4) is 0 Å². The van der Waals surface area contributed by atoms with Crippen LogP contribution in [0.5, 0.6) is 5.75 Å². The SMILES string of the molecule is C[C@@H](NCc1nnc(C2CC2)n1C)[C@H]1COc2ccccc21. The van der Waals surface area contributed by atoms with Gasteiger partial charge >= 0.3 is 0 Å². The lowest BCUT2D eigenvalue weighted by Crippen LogP contribution is -2.33. The fourth-order valence-corrected chi connectivity index (χ4v) is 3.22. The molecule has 2 heterocycles. The highest BCUT2D eigenvalue weighted by Gasteiger charge is 2.30. The van der Waals surface area contributed by atoms with E-state index in [9.17, 15) is 0 Å². The normalized spacial score (nSPS) is 21.5. The Hall–Kier alpha value is -1.88. The van der Waals surface area contributed by atoms with Crippen LogP contribution in [-0.2, 0) is 13.6 Å². The summed E-state index contributed by atoms with van der Waals surface area (Å²) in [4.78, 5) is 0. The average molecular weight is 298 g/mol. The van der Waals surface area contributed by atoms with Gasteiger partial charge in [0.05, 0.1) is 13.2 Å². The van der Waals surface area contributed by atoms with Crippen molar-refractivity contribution in [1.82, 2.24) is 20.1 Å². The van der Waals surface area contributed by atoms with E-state index in [0.717, 1.165) is 30.5 Å². The van der Waals surface area contributed by atoms with Crippen molar-refractivity contribution >= 4 is 0 Å². The summed E-state index contributed by atoms with van der Waals surface area (Å²) < 4.78 is 7.93. The largest absolute Gasteiger partial charge is 0.493 e. The fourth-order valence-electron chi connectivity index (χ4n) is 3.22. The van der Waals surface area contributed by atoms with Gasteiger partial charge in [-0.3, -0.25) is 0 Å². The molecule has 4 rings (SSSR count). The number of fused-ring (bicyclic) bond motifs is 1. The van der Waals surface area contributed by atoms with E-state index in [2.05, 4.69) is 46.2 Å². The Bertz CT molecular complexity index is 677. The number of hydrogen-bond acceptors (Lipinski definition) is 4. The molecule has 0 saturated heterocycles. The number of nitrogens with zero attached hydrogens (tertiary/aromatic N) is 3. The molecule has 1 aliphatic carbocycles. The summed E-state index contributed by atoms with van der Waals surface area (Å²) in [6, 6.07) is 8.66. The van der Waals surface area contributed by atoms with Crippen molar-refractivity contribution in [2.45, 2.75) is 44.2 Å². The van der Waals surface area contributed by atoms with Gasteiger partial charge in [0.15, 0.2) is 0 Å². The van der Waals surface area contributed by atoms with Gasteiger partial charge in [0, 0.05) is 30.5 Å². The zero-order valence-corrected chi connectivity index (χ0v) is 13.1. The Morgan fingerprint density at radius 2 is 2.14 bits per heavy atom. The summed E-state index contributed by atoms with van der Waals surface area (Å²) >= 11 is 0. The smallest absolute Gasteiger partial charge is 0.146 e. The van der Waals surface area contributed by atoms with Crippen molar-refractivity contribution in [3.63, 3.8) is 0 Å². The van der Waals surface area contributed by atoms with E-state index in [4.69, 9.17) is 4.74 Å². The third-order valence-electron chi connectivity index (χ3n) is 4.86. The minimum absolute atomic E-state index is 0.338. The molecule has 116 valence electrons. The summed E-state index contributed by atoms with van der Waals surface area (Å²) in [5.74, 6) is 4.21. The van der Waals surface area contributed by atoms with E-state index < -0.39 is 0 Å². The monoisotopic (exact) mass is 298 g/mol. The highest BCUT2D eigenvalue weighted by molar-refractivity contribution is 5.40. The minimum Gasteiger partial charge on any atom is -0.493 e. The molecule has 1 saturated carbocycles. The lowest BCUT2D eigenvalue weighted by atomic mass is 9.94. The van der Waals surface area contributed by atoms with Crippen molar-refractivity contribution < 1.29 is 4.74 Å². The summed E-state index contributed by atoms with van der Waals surface area (Å²) in [6.07, 6.45) is 2.51. The van der Waals surface area contributed by atoms with Crippen LogP contribution in [0.25, 0.3) is 0 Å². The van der Waals surface area contributed by atoms with Crippen molar-refractivity contribution in [1.29, 1.82) is 0 Å². The van der Waals surface area contributed by atoms with Crippen molar-refractivity contribution in [2.24, 2.45) is 7.05 Å². The van der Waals surface area contributed by atoms with E-state index in [0.29, 0.717) is 17.9 Å². The van der Waals surface area contributed by atoms with Crippen LogP contribution < -0.4 is 10.1 Å². The van der Waals surface area contributed by atoms with Gasteiger partial charge in [-0.15, -0.1) is 10.2 Å². The van der Waals surface area contributed by atoms with Crippen LogP contribution in [0.4, 0.5) is 0 Å². The number of aromatic nitrogens is 3. The maximum atomic E-state index is 5.78. The van der Waals surface area contributed by atoms with E-state index in [1.807, 2.05) is 12.1 Å². The number of benzene rings is 1. The van der Waals surface area contributed by atoms with Crippen molar-refractivity contribution in [2.75, 3.05) is 6.61 Å². The van der Waals surface area contributed by atoms with Gasteiger partial charge in [-0.25, -0.2) is 0 Å². The first-order valence-corrected chi connectivity index (χ1v) is 8.07. The molecule has 0 spiro atoms. The minimum atomic E-state index is 0.338. The van der Waals surface area contributed by atoms with Gasteiger partial charge in [0.2, 0.25) is 0 Å². The molecule has 1 aliphatic heterocycles. The zero-order valence-electron chi connectivity index (χ0n) is 13.1. The molecule has 2 aromatic rings. The van der Waals surface area contributed by atoms with Crippen molar-refractivity contribution in [3.8, 4) is 5.75 Å². The second-order valence-electron chi connectivity index (χ2n) is 6.43. The molecule has 0 amide bonds. The summed E-state index contributed by atoms with van der Waals surface area (Å²) in [5, 5.41) is 12.3. The van der Waals surface area contributed by atoms with Crippen LogP contribution in [-0.4, -0.2) is 27.4 Å². The summed E-state index contributed by atoms with van der Waals surface area (Å²) in [5.41, 5.74) is 1.30. The molecule has 1 aromatic carbocycles. The predicted molar refractivity (Wildman–Crippen MR) is 84.0 cm³/mol. The average Bonchev–Trinajstić information content (AvgIpc) is 3.17. The molecular weight excluding hydrogens is 276 g/mol. The molecule has 1 N–H and O–H groups in total. The molecule has 0 radical (unpaired) electrons. The molecule has 1 fully saturated rings. The van der Waals surface area contributed by atoms with Crippen LogP contribution >= 0.6 is 0 Å². The first kappa shape index (κ1) is 13.8. The maximum absolute atomic E-state index is 5.78. The molecular formula is C17H22N4O. The standard InChI is InChI=1S/C17H22N4O/c1-11(14-10-22-15-6-4-3-5-13(14)15)18-9-16-19-20-17(21(16)2)12-7-8-12/h3-6,11-12,14,18H,7-10H2,1-2H3/t11-,14-/m1/s1. The van der Waals surface area contributed by atoms with Crippen LogP contribution in [0.15, 0.2) is 24.3 Å². The number of nitrogens with one attached hydrogen (secondary N) is 1. The Balaban J connectivity index is 1.42. The van der Waals surface area contributed by atoms with Gasteiger partial charge in [-0.2, -0.15) is 0 Å². The van der Waals surface area contributed by atoms with Gasteiger partial charge in [0.25, 0.3) is 0 Å². The predicted octanol–water partition coefficient (Wildman–Crippen LogP) is 2.35. The van der Waals surface area contributed by atoms with E-state index in [1.165, 1.54) is 18.4 Å². The number of ether oxygens (including phenoxy) is 1. The van der Waals surface area contributed by atoms with E-state index in [1.54, 1.807) is 0 Å². The van der Waals surface area contributed by atoms with Crippen LogP contribution in [0.2, 0.25) is 0 Å². The zero-order chi connectivity index (χ0) is 15.1. The van der Waals surface area contributed by atoms with Crippen LogP contribution in [0.1, 0.15) is 48.8 Å². The van der Waals surface area contributed by atoms with Crippen molar-refractivity contribution in [3.05, 3.63) is 41.5 Å².